The zero-order chi connectivity index (χ0) is 19.9. The summed E-state index contributed by atoms with van der Waals surface area (Å²) in [6, 6.07) is 13.4. The van der Waals surface area contributed by atoms with Gasteiger partial charge in [-0.1, -0.05) is 23.2 Å². The molecule has 0 bridgehead atoms. The lowest BCUT2D eigenvalue weighted by Gasteiger charge is -2.45. The smallest absolute Gasteiger partial charge is 0.269 e. The van der Waals surface area contributed by atoms with Crippen LogP contribution in [0, 0.1) is 27.4 Å². The molecule has 1 saturated carbocycles. The Hall–Kier alpha value is -3.02. The van der Waals surface area contributed by atoms with E-state index in [0.29, 0.717) is 11.1 Å². The summed E-state index contributed by atoms with van der Waals surface area (Å²) in [4.78, 5) is 10.6. The van der Waals surface area contributed by atoms with Crippen LogP contribution in [0.4, 0.5) is 5.69 Å². The van der Waals surface area contributed by atoms with Crippen molar-refractivity contribution in [2.45, 2.75) is 30.5 Å². The number of nitrogens with one attached hydrogen (secondary N) is 1. The van der Waals surface area contributed by atoms with Crippen molar-refractivity contribution < 1.29 is 14.6 Å². The average Bonchev–Trinajstić information content (AvgIpc) is 3.54. The molecule has 2 aliphatic rings. The summed E-state index contributed by atoms with van der Waals surface area (Å²) in [5.74, 6) is -0.512. The first-order valence-electron chi connectivity index (χ1n) is 8.97. The van der Waals surface area contributed by atoms with Gasteiger partial charge in [-0.3, -0.25) is 10.1 Å². The molecule has 28 heavy (non-hydrogen) atoms. The van der Waals surface area contributed by atoms with Crippen molar-refractivity contribution in [1.29, 1.82) is 5.26 Å². The fourth-order valence-electron chi connectivity index (χ4n) is 4.01. The second-order valence-corrected chi connectivity index (χ2v) is 7.58. The van der Waals surface area contributed by atoms with E-state index >= 15 is 0 Å². The van der Waals surface area contributed by atoms with Gasteiger partial charge in [0.05, 0.1) is 16.9 Å². The first-order chi connectivity index (χ1) is 13.5. The second-order valence-electron chi connectivity index (χ2n) is 7.17. The van der Waals surface area contributed by atoms with Crippen molar-refractivity contribution in [1.82, 2.24) is 5.32 Å². The third-order valence-electron chi connectivity index (χ3n) is 5.48. The average molecular weight is 394 g/mol. The molecule has 2 N–H and O–H groups in total. The normalized spacial score (nSPS) is 27.0. The lowest BCUT2D eigenvalue weighted by molar-refractivity contribution is -0.742. The number of pyridine rings is 1. The van der Waals surface area contributed by atoms with Gasteiger partial charge in [0.1, 0.15) is 0 Å². The number of nitro groups is 1. The molecule has 2 aromatic rings. The van der Waals surface area contributed by atoms with Gasteiger partial charge in [0.15, 0.2) is 12.4 Å². The molecule has 2 heterocycles. The molecule has 1 fully saturated rings. The highest BCUT2D eigenvalue weighted by atomic mass is 32.1. The molecule has 0 saturated heterocycles. The van der Waals surface area contributed by atoms with Crippen LogP contribution in [0.15, 0.2) is 65.5 Å². The highest BCUT2D eigenvalue weighted by molar-refractivity contribution is 7.63. The zero-order valence-corrected chi connectivity index (χ0v) is 15.7. The van der Waals surface area contributed by atoms with E-state index in [1.165, 1.54) is 12.1 Å². The summed E-state index contributed by atoms with van der Waals surface area (Å²) in [6.45, 7) is 0. The molecule has 1 aliphatic carbocycles. The third-order valence-corrected chi connectivity index (χ3v) is 5.80. The van der Waals surface area contributed by atoms with Gasteiger partial charge in [0.2, 0.25) is 11.8 Å². The van der Waals surface area contributed by atoms with Gasteiger partial charge < -0.3 is 23.1 Å². The van der Waals surface area contributed by atoms with Crippen LogP contribution in [0.3, 0.4) is 0 Å². The van der Waals surface area contributed by atoms with Gasteiger partial charge in [-0.25, -0.2) is 0 Å². The molecule has 1 aliphatic heterocycles. The lowest BCUT2D eigenvalue weighted by atomic mass is 9.76. The summed E-state index contributed by atoms with van der Waals surface area (Å²) in [7, 11) is 0. The van der Waals surface area contributed by atoms with E-state index in [-0.39, 0.29) is 16.6 Å². The number of non-ortho nitro benzene ring substituents is 1. The number of allylic oxidation sites excluding steroid dienone is 1. The van der Waals surface area contributed by atoms with E-state index in [2.05, 4.69) is 11.4 Å². The quantitative estimate of drug-likeness (QED) is 0.357. The van der Waals surface area contributed by atoms with E-state index in [4.69, 9.17) is 12.6 Å². The van der Waals surface area contributed by atoms with Crippen molar-refractivity contribution in [3.8, 4) is 6.07 Å². The van der Waals surface area contributed by atoms with Crippen molar-refractivity contribution in [3.05, 3.63) is 81.1 Å². The molecule has 1 aromatic heterocycles. The Labute approximate surface area is 167 Å². The Morgan fingerprint density at radius 2 is 1.89 bits per heavy atom. The highest BCUT2D eigenvalue weighted by Gasteiger charge is 2.59. The highest BCUT2D eigenvalue weighted by Crippen LogP contribution is 2.51. The summed E-state index contributed by atoms with van der Waals surface area (Å²) in [6.07, 6.45) is 5.43. The molecule has 3 atom stereocenters. The van der Waals surface area contributed by atoms with Crippen LogP contribution >= 0.6 is 0 Å². The lowest BCUT2D eigenvalue weighted by Crippen LogP contribution is -2.65. The number of rotatable bonds is 4. The predicted octanol–water partition coefficient (Wildman–Crippen LogP) is 2.19. The number of hydrogen-bond acceptors (Lipinski definition) is 6. The van der Waals surface area contributed by atoms with Crippen LogP contribution in [0.2, 0.25) is 0 Å². The molecule has 7 nitrogen and oxygen atoms in total. The van der Waals surface area contributed by atoms with Gasteiger partial charge in [-0.2, -0.15) is 9.83 Å². The maximum absolute atomic E-state index is 11.6. The van der Waals surface area contributed by atoms with Crippen LogP contribution in [0.25, 0.3) is 0 Å². The van der Waals surface area contributed by atoms with E-state index in [9.17, 15) is 20.5 Å². The number of nitro benzene ring substituents is 1. The molecule has 3 unspecified atom stereocenters. The minimum absolute atomic E-state index is 0.0175. The Morgan fingerprint density at radius 1 is 1.25 bits per heavy atom. The third kappa shape index (κ3) is 2.99. The molecule has 0 radical (unpaired) electrons. The van der Waals surface area contributed by atoms with Gasteiger partial charge in [-0.05, 0) is 18.4 Å². The summed E-state index contributed by atoms with van der Waals surface area (Å²) in [5.41, 5.74) is -0.294. The first kappa shape index (κ1) is 18.3. The Bertz CT molecular complexity index is 983. The van der Waals surface area contributed by atoms with E-state index in [1.807, 2.05) is 35.2 Å². The van der Waals surface area contributed by atoms with Gasteiger partial charge in [-0.15, -0.1) is 0 Å². The van der Waals surface area contributed by atoms with E-state index in [1.54, 1.807) is 12.1 Å². The minimum Gasteiger partial charge on any atom is -0.762 e. The Kier molecular flexibility index (Phi) is 4.49. The van der Waals surface area contributed by atoms with Crippen LogP contribution in [0.5, 0.6) is 0 Å². The van der Waals surface area contributed by atoms with Gasteiger partial charge >= 0.3 is 0 Å². The van der Waals surface area contributed by atoms with E-state index in [0.717, 1.165) is 12.8 Å². The SMILES string of the molecule is N#CC1=C([S-])NC(O)(C2CC2)C([n+]2ccccc2)C1c1ccc([N+](=O)[O-])cc1. The van der Waals surface area contributed by atoms with Crippen molar-refractivity contribution in [2.75, 3.05) is 0 Å². The molecule has 1 aromatic carbocycles. The van der Waals surface area contributed by atoms with Gasteiger partial charge in [0.25, 0.3) is 5.69 Å². The molecule has 142 valence electrons. The standard InChI is InChI=1S/C20H18N4O3S/c21-12-16-17(13-4-8-15(9-5-13)24(26)27)18(23-10-2-1-3-11-23)20(25,14-6-7-14)22-19(16)28/h1-5,8-11,14,17-18,22,25H,6-7H2. The van der Waals surface area contributed by atoms with Crippen molar-refractivity contribution in [2.24, 2.45) is 5.92 Å². The summed E-state index contributed by atoms with van der Waals surface area (Å²) in [5, 5.41) is 35.7. The largest absolute Gasteiger partial charge is 0.762 e. The molecule has 8 heteroatoms. The number of nitrogens with zero attached hydrogens (tertiary/aromatic N) is 3. The number of aromatic nitrogens is 1. The first-order valence-corrected chi connectivity index (χ1v) is 9.38. The topological polar surface area (TPSA) is 103 Å². The molecule has 0 spiro atoms. The zero-order valence-electron chi connectivity index (χ0n) is 14.9. The number of aliphatic hydroxyl groups is 1. The van der Waals surface area contributed by atoms with Crippen LogP contribution in [0.1, 0.15) is 30.4 Å². The molecular formula is C20H18N4O3S. The number of hydrogen-bond donors (Lipinski definition) is 2. The maximum atomic E-state index is 11.6. The number of benzene rings is 1. The van der Waals surface area contributed by atoms with Crippen molar-refractivity contribution >= 4 is 18.3 Å². The van der Waals surface area contributed by atoms with Crippen LogP contribution in [-0.4, -0.2) is 15.8 Å². The summed E-state index contributed by atoms with van der Waals surface area (Å²) >= 11 is 5.42. The fraction of sp³-hybridized carbons (Fsp3) is 0.300. The van der Waals surface area contributed by atoms with E-state index < -0.39 is 22.6 Å². The maximum Gasteiger partial charge on any atom is 0.269 e. The molecule has 0 amide bonds. The fourth-order valence-corrected chi connectivity index (χ4v) is 4.35. The monoisotopic (exact) mass is 394 g/mol. The molecular weight excluding hydrogens is 376 g/mol. The Balaban J connectivity index is 1.90. The van der Waals surface area contributed by atoms with Gasteiger partial charge in [0, 0.05) is 35.8 Å². The van der Waals surface area contributed by atoms with Crippen LogP contribution < -0.4 is 9.88 Å². The summed E-state index contributed by atoms with van der Waals surface area (Å²) < 4.78 is 1.89. The predicted molar refractivity (Wildman–Crippen MR) is 102 cm³/mol. The number of nitriles is 1. The van der Waals surface area contributed by atoms with Crippen LogP contribution in [-0.2, 0) is 12.6 Å². The molecule has 4 rings (SSSR count). The minimum atomic E-state index is -1.31. The Morgan fingerprint density at radius 3 is 2.43 bits per heavy atom. The second kappa shape index (κ2) is 6.86. The van der Waals surface area contributed by atoms with Crippen molar-refractivity contribution in [3.63, 3.8) is 0 Å².